The predicted molar refractivity (Wildman–Crippen MR) is 65.7 cm³/mol. The number of carbonyl (C=O) groups is 1. The molecule has 1 unspecified atom stereocenters. The average molecular weight is 282 g/mol. The van der Waals surface area contributed by atoms with Crippen LogP contribution in [0.15, 0.2) is 0 Å². The van der Waals surface area contributed by atoms with Gasteiger partial charge in [-0.1, -0.05) is 11.3 Å². The van der Waals surface area contributed by atoms with Crippen molar-refractivity contribution in [1.29, 1.82) is 0 Å². The molecule has 1 aromatic rings. The third-order valence-corrected chi connectivity index (χ3v) is 3.95. The fraction of sp³-hybridized carbons (Fsp3) is 0.625. The molecule has 16 heavy (non-hydrogen) atoms. The lowest BCUT2D eigenvalue weighted by Gasteiger charge is -2.07. The molecule has 0 amide bonds. The van der Waals surface area contributed by atoms with E-state index in [0.29, 0.717) is 10.9 Å². The van der Waals surface area contributed by atoms with Crippen LogP contribution in [0.5, 0.6) is 0 Å². The number of ether oxygens (including phenoxy) is 1. The molecule has 1 heterocycles. The summed E-state index contributed by atoms with van der Waals surface area (Å²) in [6.45, 7) is 0. The molecule has 0 fully saturated rings. The molecule has 0 saturated carbocycles. The topological polar surface area (TPSA) is 78.1 Å². The number of carbonyl (C=O) groups excluding carboxylic acids is 1. The maximum Gasteiger partial charge on any atom is 0.322 e. The minimum Gasteiger partial charge on any atom is -0.468 e. The second-order valence-electron chi connectivity index (χ2n) is 2.92. The molecule has 0 aliphatic carbocycles. The van der Waals surface area contributed by atoms with Gasteiger partial charge in [-0.15, -0.1) is 10.2 Å². The molecule has 90 valence electrons. The van der Waals surface area contributed by atoms with Crippen molar-refractivity contribution >= 4 is 40.7 Å². The van der Waals surface area contributed by atoms with Crippen molar-refractivity contribution in [2.24, 2.45) is 5.73 Å². The minimum absolute atomic E-state index is 0.375. The number of thioether (sulfide) groups is 1. The highest BCUT2D eigenvalue weighted by atomic mass is 35.5. The highest BCUT2D eigenvalue weighted by Crippen LogP contribution is 2.20. The molecule has 5 nitrogen and oxygen atoms in total. The Labute approximate surface area is 107 Å². The van der Waals surface area contributed by atoms with Crippen molar-refractivity contribution in [1.82, 2.24) is 10.2 Å². The number of rotatable bonds is 6. The van der Waals surface area contributed by atoms with Crippen LogP contribution in [0.4, 0.5) is 0 Å². The van der Waals surface area contributed by atoms with Gasteiger partial charge in [-0.2, -0.15) is 11.8 Å². The van der Waals surface area contributed by atoms with Crippen molar-refractivity contribution < 1.29 is 9.53 Å². The molecule has 1 rings (SSSR count). The molecule has 0 aliphatic heterocycles. The summed E-state index contributed by atoms with van der Waals surface area (Å²) < 4.78 is 4.97. The number of aromatic nitrogens is 2. The Hall–Kier alpha value is -0.370. The zero-order valence-electron chi connectivity index (χ0n) is 8.68. The molecular weight excluding hydrogens is 270 g/mol. The third kappa shape index (κ3) is 4.65. The summed E-state index contributed by atoms with van der Waals surface area (Å²) in [5.41, 5.74) is 5.58. The number of hydrogen-bond donors (Lipinski definition) is 1. The van der Waals surface area contributed by atoms with Gasteiger partial charge in [0.25, 0.3) is 0 Å². The second kappa shape index (κ2) is 7.05. The Morgan fingerprint density at radius 3 is 3.00 bits per heavy atom. The largest absolute Gasteiger partial charge is 0.468 e. The zero-order chi connectivity index (χ0) is 12.0. The van der Waals surface area contributed by atoms with E-state index in [-0.39, 0.29) is 5.97 Å². The smallest absolute Gasteiger partial charge is 0.322 e. The summed E-state index contributed by atoms with van der Waals surface area (Å²) in [7, 11) is 1.33. The van der Waals surface area contributed by atoms with Crippen LogP contribution in [0, 0.1) is 0 Å². The summed E-state index contributed by atoms with van der Waals surface area (Å²) in [6, 6.07) is -0.546. The summed E-state index contributed by atoms with van der Waals surface area (Å²) >= 11 is 8.63. The van der Waals surface area contributed by atoms with Gasteiger partial charge in [0.1, 0.15) is 11.0 Å². The van der Waals surface area contributed by atoms with Gasteiger partial charge >= 0.3 is 5.97 Å². The lowest BCUT2D eigenvalue weighted by atomic mass is 10.2. The van der Waals surface area contributed by atoms with Gasteiger partial charge in [-0.25, -0.2) is 0 Å². The van der Waals surface area contributed by atoms with E-state index >= 15 is 0 Å². The lowest BCUT2D eigenvalue weighted by Crippen LogP contribution is -2.31. The molecule has 8 heteroatoms. The molecular formula is C8H12ClN3O2S2. The van der Waals surface area contributed by atoms with Gasteiger partial charge in [0.15, 0.2) is 0 Å². The maximum atomic E-state index is 11.0. The number of nitrogens with two attached hydrogens (primary N) is 1. The van der Waals surface area contributed by atoms with Gasteiger partial charge in [-0.05, 0) is 23.8 Å². The summed E-state index contributed by atoms with van der Waals surface area (Å²) in [5.74, 6) is 1.13. The van der Waals surface area contributed by atoms with E-state index in [2.05, 4.69) is 14.9 Å². The Balaban J connectivity index is 2.14. The van der Waals surface area contributed by atoms with E-state index in [9.17, 15) is 4.79 Å². The van der Waals surface area contributed by atoms with Crippen molar-refractivity contribution in [3.8, 4) is 0 Å². The monoisotopic (exact) mass is 281 g/mol. The maximum absolute atomic E-state index is 11.0. The standard InChI is InChI=1S/C8H12ClN3O2S2/c1-14-7(13)5(10)2-3-15-4-6-11-12-8(9)16-6/h5H,2-4,10H2,1H3. The zero-order valence-corrected chi connectivity index (χ0v) is 11.1. The third-order valence-electron chi connectivity index (χ3n) is 1.74. The minimum atomic E-state index is -0.546. The van der Waals surface area contributed by atoms with Gasteiger partial charge in [0, 0.05) is 5.75 Å². The quantitative estimate of drug-likeness (QED) is 0.626. The first-order valence-electron chi connectivity index (χ1n) is 4.52. The molecule has 0 bridgehead atoms. The molecule has 0 spiro atoms. The predicted octanol–water partition coefficient (Wildman–Crippen LogP) is 1.32. The average Bonchev–Trinajstić information content (AvgIpc) is 2.69. The summed E-state index contributed by atoms with van der Waals surface area (Å²) in [5, 5.41) is 8.45. The number of esters is 1. The van der Waals surface area contributed by atoms with Crippen molar-refractivity contribution in [3.63, 3.8) is 0 Å². The van der Waals surface area contributed by atoms with Crippen LogP contribution >= 0.6 is 34.7 Å². The van der Waals surface area contributed by atoms with Crippen LogP contribution in [0.25, 0.3) is 0 Å². The van der Waals surface area contributed by atoms with Gasteiger partial charge in [0.05, 0.1) is 7.11 Å². The fourth-order valence-corrected chi connectivity index (χ4v) is 2.88. The van der Waals surface area contributed by atoms with Gasteiger partial charge < -0.3 is 10.5 Å². The number of hydrogen-bond acceptors (Lipinski definition) is 7. The highest BCUT2D eigenvalue weighted by Gasteiger charge is 2.12. The van der Waals surface area contributed by atoms with Crippen LogP contribution in [0.3, 0.4) is 0 Å². The van der Waals surface area contributed by atoms with E-state index < -0.39 is 6.04 Å². The van der Waals surface area contributed by atoms with E-state index in [1.807, 2.05) is 0 Å². The van der Waals surface area contributed by atoms with Crippen molar-refractivity contribution in [2.75, 3.05) is 12.9 Å². The van der Waals surface area contributed by atoms with Crippen LogP contribution in [-0.2, 0) is 15.3 Å². The SMILES string of the molecule is COC(=O)C(N)CCSCc1nnc(Cl)s1. The Morgan fingerprint density at radius 1 is 1.69 bits per heavy atom. The molecule has 0 saturated heterocycles. The van der Waals surface area contributed by atoms with E-state index in [4.69, 9.17) is 17.3 Å². The van der Waals surface area contributed by atoms with E-state index in [1.165, 1.54) is 18.4 Å². The van der Waals surface area contributed by atoms with Crippen molar-refractivity contribution in [2.45, 2.75) is 18.2 Å². The molecule has 0 aromatic carbocycles. The van der Waals surface area contributed by atoms with Crippen LogP contribution in [0.1, 0.15) is 11.4 Å². The molecule has 1 aromatic heterocycles. The highest BCUT2D eigenvalue weighted by molar-refractivity contribution is 7.98. The van der Waals surface area contributed by atoms with Gasteiger partial charge in [-0.3, -0.25) is 4.79 Å². The second-order valence-corrected chi connectivity index (χ2v) is 5.67. The van der Waals surface area contributed by atoms with Crippen LogP contribution in [0.2, 0.25) is 4.47 Å². The van der Waals surface area contributed by atoms with Crippen LogP contribution in [-0.4, -0.2) is 35.1 Å². The Kier molecular flexibility index (Phi) is 6.04. The number of nitrogens with zero attached hydrogens (tertiary/aromatic N) is 2. The first-order valence-corrected chi connectivity index (χ1v) is 6.87. The summed E-state index contributed by atoms with van der Waals surface area (Å²) in [4.78, 5) is 11.0. The van der Waals surface area contributed by atoms with Crippen LogP contribution < -0.4 is 5.73 Å². The molecule has 2 N–H and O–H groups in total. The summed E-state index contributed by atoms with van der Waals surface area (Å²) in [6.07, 6.45) is 0.587. The van der Waals surface area contributed by atoms with Gasteiger partial charge in [0.2, 0.25) is 4.47 Å². The van der Waals surface area contributed by atoms with Crippen molar-refractivity contribution in [3.05, 3.63) is 9.47 Å². The fourth-order valence-electron chi connectivity index (χ4n) is 0.930. The lowest BCUT2D eigenvalue weighted by molar-refractivity contribution is -0.142. The number of halogens is 1. The molecule has 0 aliphatic rings. The molecule has 0 radical (unpaired) electrons. The van der Waals surface area contributed by atoms with E-state index in [1.54, 1.807) is 11.8 Å². The van der Waals surface area contributed by atoms with E-state index in [0.717, 1.165) is 16.5 Å². The Bertz CT molecular complexity index is 348. The normalized spacial score (nSPS) is 12.4. The Morgan fingerprint density at radius 2 is 2.44 bits per heavy atom. The first-order chi connectivity index (χ1) is 7.63. The molecule has 1 atom stereocenters. The first kappa shape index (κ1) is 13.7. The number of methoxy groups -OCH3 is 1.